The van der Waals surface area contributed by atoms with Gasteiger partial charge in [-0.3, -0.25) is 0 Å². The Balaban J connectivity index is 0.000000159. The van der Waals surface area contributed by atoms with Gasteiger partial charge in [-0.1, -0.05) is 186 Å². The predicted octanol–water partition coefficient (Wildman–Crippen LogP) is 17.9. The lowest BCUT2D eigenvalue weighted by atomic mass is 9.77. The first kappa shape index (κ1) is 49.0. The molecule has 0 amide bonds. The molecule has 0 unspecified atom stereocenters. The molecule has 330 valence electrons. The lowest BCUT2D eigenvalue weighted by Gasteiger charge is -2.27. The minimum Gasteiger partial charge on any atom is -0.494 e. The van der Waals surface area contributed by atoms with Gasteiger partial charge in [-0.25, -0.2) is 4.39 Å². The topological polar surface area (TPSA) is 9.23 Å². The molecule has 59 heavy (non-hydrogen) atoms. The van der Waals surface area contributed by atoms with Gasteiger partial charge in [0.1, 0.15) is 11.6 Å². The Morgan fingerprint density at radius 2 is 1.02 bits per heavy atom. The second-order valence-corrected chi connectivity index (χ2v) is 19.8. The predicted molar refractivity (Wildman–Crippen MR) is 255 cm³/mol. The molecule has 0 N–H and O–H groups in total. The van der Waals surface area contributed by atoms with Crippen LogP contribution in [0.1, 0.15) is 207 Å². The first-order valence-electron chi connectivity index (χ1n) is 25.2. The van der Waals surface area contributed by atoms with Crippen LogP contribution in [-0.2, 0) is 10.8 Å². The number of hydrogen-bond acceptors (Lipinski definition) is 1. The molecule has 0 aliphatic heterocycles. The number of rotatable bonds is 13. The third-order valence-corrected chi connectivity index (χ3v) is 14.8. The normalized spacial score (nSPS) is 21.9. The first-order valence-corrected chi connectivity index (χ1v) is 25.2. The van der Waals surface area contributed by atoms with Crippen molar-refractivity contribution in [1.82, 2.24) is 0 Å². The Labute approximate surface area is 364 Å². The number of ether oxygens (including phenoxy) is 1. The lowest BCUT2D eigenvalue weighted by molar-refractivity contribution is 0.306. The van der Waals surface area contributed by atoms with Crippen molar-refractivity contribution in [2.45, 2.75) is 207 Å². The summed E-state index contributed by atoms with van der Waals surface area (Å²) in [5.41, 5.74) is 4.22. The van der Waals surface area contributed by atoms with E-state index in [9.17, 15) is 4.39 Å². The van der Waals surface area contributed by atoms with Crippen LogP contribution < -0.4 is 4.74 Å². The number of hydrogen-bond donors (Lipinski definition) is 0. The average molecular weight is 809 g/mol. The SMILES string of the molecule is CC(C1CC1)C1CC1.CC1CCC(C)CC1.CCC1(c2ccccc2)CC1.CCC1(c2ccccc2)CCCC1.CCCC1CC1.CCCCCOc1ccc(F)cc1. The molecule has 6 fully saturated rings. The van der Waals surface area contributed by atoms with Gasteiger partial charge in [-0.05, 0) is 152 Å². The molecule has 6 saturated carbocycles. The maximum Gasteiger partial charge on any atom is 0.123 e. The van der Waals surface area contributed by atoms with Gasteiger partial charge in [0, 0.05) is 0 Å². The van der Waals surface area contributed by atoms with Crippen molar-refractivity contribution in [1.29, 1.82) is 0 Å². The quantitative estimate of drug-likeness (QED) is 0.156. The van der Waals surface area contributed by atoms with Crippen molar-refractivity contribution >= 4 is 0 Å². The summed E-state index contributed by atoms with van der Waals surface area (Å²) < 4.78 is 17.9. The van der Waals surface area contributed by atoms with Crippen LogP contribution in [0.25, 0.3) is 0 Å². The molecule has 0 bridgehead atoms. The number of unbranched alkanes of at least 4 members (excludes halogenated alkanes) is 2. The average Bonchev–Trinajstić information content (AvgIpc) is 4.05. The summed E-state index contributed by atoms with van der Waals surface area (Å²) in [6.07, 6.45) is 32.4. The van der Waals surface area contributed by atoms with Gasteiger partial charge in [-0.2, -0.15) is 0 Å². The van der Waals surface area contributed by atoms with Gasteiger partial charge in [-0.15, -0.1) is 0 Å². The molecule has 0 radical (unpaired) electrons. The molecule has 2 heteroatoms. The van der Waals surface area contributed by atoms with E-state index in [1.165, 1.54) is 153 Å². The van der Waals surface area contributed by atoms with Gasteiger partial charge >= 0.3 is 0 Å². The maximum atomic E-state index is 12.5. The molecule has 0 atom stereocenters. The van der Waals surface area contributed by atoms with E-state index in [2.05, 4.69) is 109 Å². The highest BCUT2D eigenvalue weighted by Crippen LogP contribution is 2.51. The van der Waals surface area contributed by atoms with E-state index >= 15 is 0 Å². The van der Waals surface area contributed by atoms with E-state index in [0.717, 1.165) is 54.3 Å². The van der Waals surface area contributed by atoms with Crippen LogP contribution in [0.4, 0.5) is 4.39 Å². The fourth-order valence-corrected chi connectivity index (χ4v) is 9.42. The summed E-state index contributed by atoms with van der Waals surface area (Å²) >= 11 is 0. The Hall–Kier alpha value is -2.61. The molecule has 0 aromatic heterocycles. The molecule has 1 nitrogen and oxygen atoms in total. The van der Waals surface area contributed by atoms with E-state index in [1.807, 2.05) is 0 Å². The summed E-state index contributed by atoms with van der Waals surface area (Å²) in [6, 6.07) is 28.1. The van der Waals surface area contributed by atoms with E-state index in [4.69, 9.17) is 4.74 Å². The highest BCUT2D eigenvalue weighted by molar-refractivity contribution is 5.30. The van der Waals surface area contributed by atoms with E-state index in [0.29, 0.717) is 10.8 Å². The van der Waals surface area contributed by atoms with Crippen LogP contribution in [-0.4, -0.2) is 6.61 Å². The third kappa shape index (κ3) is 18.9. The fourth-order valence-electron chi connectivity index (χ4n) is 9.42. The highest BCUT2D eigenvalue weighted by atomic mass is 19.1. The van der Waals surface area contributed by atoms with Crippen LogP contribution >= 0.6 is 0 Å². The molecule has 0 spiro atoms. The largest absolute Gasteiger partial charge is 0.494 e. The molecule has 3 aromatic carbocycles. The molecule has 6 aliphatic rings. The van der Waals surface area contributed by atoms with Crippen molar-refractivity contribution in [3.05, 3.63) is 102 Å². The maximum absolute atomic E-state index is 12.5. The molecule has 0 heterocycles. The van der Waals surface area contributed by atoms with E-state index in [-0.39, 0.29) is 5.82 Å². The van der Waals surface area contributed by atoms with Gasteiger partial charge in [0.15, 0.2) is 0 Å². The summed E-state index contributed by atoms with van der Waals surface area (Å²) in [6.45, 7) is 16.9. The summed E-state index contributed by atoms with van der Waals surface area (Å²) in [7, 11) is 0. The zero-order valence-corrected chi connectivity index (χ0v) is 39.3. The molecule has 0 saturated heterocycles. The number of halogens is 1. The van der Waals surface area contributed by atoms with Crippen molar-refractivity contribution in [2.75, 3.05) is 6.61 Å². The van der Waals surface area contributed by atoms with Gasteiger partial charge in [0.05, 0.1) is 6.61 Å². The zero-order valence-electron chi connectivity index (χ0n) is 39.3. The molecule has 9 rings (SSSR count). The molecule has 6 aliphatic carbocycles. The lowest BCUT2D eigenvalue weighted by Crippen LogP contribution is -2.20. The minimum absolute atomic E-state index is 0.221. The first-order chi connectivity index (χ1) is 28.7. The smallest absolute Gasteiger partial charge is 0.123 e. The van der Waals surface area contributed by atoms with E-state index in [1.54, 1.807) is 23.3 Å². The van der Waals surface area contributed by atoms with Gasteiger partial charge in [0.25, 0.3) is 0 Å². The Morgan fingerprint density at radius 3 is 1.37 bits per heavy atom. The monoisotopic (exact) mass is 809 g/mol. The Kier molecular flexibility index (Phi) is 22.2. The minimum atomic E-state index is -0.221. The van der Waals surface area contributed by atoms with Crippen LogP contribution in [0.3, 0.4) is 0 Å². The summed E-state index contributed by atoms with van der Waals surface area (Å²) in [5.74, 6) is 7.12. The molecular formula is C57H89FO. The van der Waals surface area contributed by atoms with Crippen molar-refractivity contribution in [2.24, 2.45) is 35.5 Å². The fraction of sp³-hybridized carbons (Fsp3) is 0.684. The molecule has 3 aromatic rings. The van der Waals surface area contributed by atoms with E-state index < -0.39 is 0 Å². The van der Waals surface area contributed by atoms with Crippen LogP contribution in [0.2, 0.25) is 0 Å². The van der Waals surface area contributed by atoms with Gasteiger partial charge in [0.2, 0.25) is 0 Å². The Bertz CT molecular complexity index is 1430. The highest BCUT2D eigenvalue weighted by Gasteiger charge is 2.42. The van der Waals surface area contributed by atoms with Gasteiger partial charge < -0.3 is 4.74 Å². The van der Waals surface area contributed by atoms with Crippen molar-refractivity contribution in [3.63, 3.8) is 0 Å². The van der Waals surface area contributed by atoms with Crippen LogP contribution in [0, 0.1) is 41.3 Å². The van der Waals surface area contributed by atoms with Crippen LogP contribution in [0.15, 0.2) is 84.9 Å². The third-order valence-electron chi connectivity index (χ3n) is 14.8. The summed E-state index contributed by atoms with van der Waals surface area (Å²) in [4.78, 5) is 0. The zero-order chi connectivity index (χ0) is 42.4. The second kappa shape index (κ2) is 26.7. The molecular weight excluding hydrogens is 720 g/mol. The van der Waals surface area contributed by atoms with Crippen molar-refractivity contribution < 1.29 is 9.13 Å². The standard InChI is InChI=1S/C13H18.C11H15FO.C11H14.C8H14.C8H16.C6H12/c1-2-13(10-6-7-11-13)12-8-4-3-5-9-12;1-2-3-4-9-13-11-7-5-10(12)6-8-11;1-2-11(8-9-11)10-6-4-3-5-7-10;1-6(7-2-3-7)8-4-5-8;1-7-3-5-8(2)6-4-7;1-2-3-6-4-5-6/h3-5,8-9H,2,6-7,10-11H2,1H3;5-8H,2-4,9H2,1H3;3-7H,2,8-9H2,1H3;6-8H,2-5H2,1H3;7-8H,3-6H2,1-2H3;6H,2-5H2,1H3. The van der Waals surface area contributed by atoms with Crippen LogP contribution in [0.5, 0.6) is 5.75 Å². The van der Waals surface area contributed by atoms with Crippen molar-refractivity contribution in [3.8, 4) is 5.75 Å². The number of benzene rings is 3. The Morgan fingerprint density at radius 1 is 0.559 bits per heavy atom. The second-order valence-electron chi connectivity index (χ2n) is 19.8. The summed E-state index contributed by atoms with van der Waals surface area (Å²) in [5, 5.41) is 0.